The van der Waals surface area contributed by atoms with E-state index in [1.807, 2.05) is 30.3 Å². The molecule has 3 aromatic carbocycles. The van der Waals surface area contributed by atoms with E-state index in [9.17, 15) is 9.90 Å². The summed E-state index contributed by atoms with van der Waals surface area (Å²) in [5, 5.41) is 15.1. The molecule has 3 aromatic rings. The third kappa shape index (κ3) is 4.23. The number of amides is 1. The maximum absolute atomic E-state index is 16.1. The standard InChI is InChI=1S/C28H28ClF2N3O3/c1-2-33-27(36)18-8-9-22(37-13-12-35)26(31)24(18)23-19-15-28(17-6-4-3-5-7-17)16-32-10-11-34(28)21(19)14-20(30)25(23)29/h3-9,14,32,35H,2,10-13,15-16H2,1H3,(H,33,36). The number of benzene rings is 3. The summed E-state index contributed by atoms with van der Waals surface area (Å²) in [5.74, 6) is -2.18. The first-order chi connectivity index (χ1) is 17.9. The van der Waals surface area contributed by atoms with Crippen molar-refractivity contribution in [3.63, 3.8) is 0 Å². The number of hydrogen-bond donors (Lipinski definition) is 3. The highest BCUT2D eigenvalue weighted by molar-refractivity contribution is 6.34. The highest BCUT2D eigenvalue weighted by atomic mass is 35.5. The van der Waals surface area contributed by atoms with Crippen LogP contribution in [0.2, 0.25) is 5.02 Å². The summed E-state index contributed by atoms with van der Waals surface area (Å²) in [6.45, 7) is 3.56. The molecule has 1 atom stereocenters. The molecule has 9 heteroatoms. The summed E-state index contributed by atoms with van der Waals surface area (Å²) < 4.78 is 37.0. The Balaban J connectivity index is 1.78. The number of hydrogen-bond acceptors (Lipinski definition) is 5. The number of nitrogens with one attached hydrogen (secondary N) is 2. The van der Waals surface area contributed by atoms with E-state index in [-0.39, 0.29) is 40.7 Å². The quantitative estimate of drug-likeness (QED) is 0.428. The van der Waals surface area contributed by atoms with Gasteiger partial charge in [-0.2, -0.15) is 0 Å². The fourth-order valence-electron chi connectivity index (χ4n) is 5.55. The topological polar surface area (TPSA) is 73.8 Å². The summed E-state index contributed by atoms with van der Waals surface area (Å²) in [6.07, 6.45) is 0.435. The lowest BCUT2D eigenvalue weighted by atomic mass is 9.83. The zero-order chi connectivity index (χ0) is 26.2. The number of fused-ring (bicyclic) bond motifs is 3. The van der Waals surface area contributed by atoms with Gasteiger partial charge in [-0.05, 0) is 36.2 Å². The van der Waals surface area contributed by atoms with Crippen molar-refractivity contribution < 1.29 is 23.4 Å². The molecule has 0 aliphatic carbocycles. The van der Waals surface area contributed by atoms with Crippen LogP contribution in [-0.2, 0) is 12.0 Å². The zero-order valence-corrected chi connectivity index (χ0v) is 21.2. The van der Waals surface area contributed by atoms with Crippen LogP contribution in [0.3, 0.4) is 0 Å². The Morgan fingerprint density at radius 2 is 2.00 bits per heavy atom. The number of ether oxygens (including phenoxy) is 1. The van der Waals surface area contributed by atoms with Crippen molar-refractivity contribution in [3.05, 3.63) is 81.9 Å². The van der Waals surface area contributed by atoms with Crippen molar-refractivity contribution in [1.82, 2.24) is 10.6 Å². The van der Waals surface area contributed by atoms with E-state index in [1.54, 1.807) is 6.92 Å². The van der Waals surface area contributed by atoms with Gasteiger partial charge in [0, 0.05) is 49.4 Å². The Hall–Kier alpha value is -3.20. The normalized spacial score (nSPS) is 18.4. The number of piperazine rings is 1. The largest absolute Gasteiger partial charge is 0.488 e. The Kier molecular flexibility index (Phi) is 7.07. The van der Waals surface area contributed by atoms with E-state index in [1.165, 1.54) is 18.2 Å². The van der Waals surface area contributed by atoms with Crippen LogP contribution in [0.5, 0.6) is 5.75 Å². The number of carbonyl (C=O) groups excluding carboxylic acids is 1. The van der Waals surface area contributed by atoms with Gasteiger partial charge in [-0.15, -0.1) is 0 Å². The van der Waals surface area contributed by atoms with Gasteiger partial charge < -0.3 is 25.4 Å². The number of nitrogens with zero attached hydrogens (tertiary/aromatic N) is 1. The number of aliphatic hydroxyl groups is 1. The van der Waals surface area contributed by atoms with E-state index in [4.69, 9.17) is 16.3 Å². The number of halogens is 3. The summed E-state index contributed by atoms with van der Waals surface area (Å²) in [4.78, 5) is 15.2. The first kappa shape index (κ1) is 25.4. The molecule has 0 spiro atoms. The Bertz CT molecular complexity index is 1340. The average molecular weight is 528 g/mol. The maximum Gasteiger partial charge on any atom is 0.252 e. The summed E-state index contributed by atoms with van der Waals surface area (Å²) in [6, 6.07) is 14.1. The molecule has 0 aromatic heterocycles. The molecule has 3 N–H and O–H groups in total. The monoisotopic (exact) mass is 527 g/mol. The SMILES string of the molecule is CCNC(=O)c1ccc(OCCO)c(F)c1-c1c(Cl)c(F)cc2c1CC1(c3ccccc3)CNCCN21. The lowest BCUT2D eigenvalue weighted by Crippen LogP contribution is -2.57. The number of rotatable bonds is 7. The maximum atomic E-state index is 16.1. The minimum Gasteiger partial charge on any atom is -0.488 e. The van der Waals surface area contributed by atoms with Crippen molar-refractivity contribution >= 4 is 23.2 Å². The second-order valence-electron chi connectivity index (χ2n) is 9.18. The van der Waals surface area contributed by atoms with E-state index < -0.39 is 23.1 Å². The number of aliphatic hydroxyl groups excluding tert-OH is 1. The van der Waals surface area contributed by atoms with Crippen LogP contribution >= 0.6 is 11.6 Å². The third-order valence-corrected chi connectivity index (χ3v) is 7.48. The molecular weight excluding hydrogens is 500 g/mol. The predicted molar refractivity (Wildman–Crippen MR) is 139 cm³/mol. The molecule has 6 nitrogen and oxygen atoms in total. The summed E-state index contributed by atoms with van der Waals surface area (Å²) in [5.41, 5.74) is 1.88. The Morgan fingerprint density at radius 1 is 1.22 bits per heavy atom. The molecule has 2 aliphatic rings. The van der Waals surface area contributed by atoms with E-state index in [0.717, 1.165) is 5.56 Å². The Morgan fingerprint density at radius 3 is 2.73 bits per heavy atom. The molecule has 194 valence electrons. The molecule has 1 saturated heterocycles. The van der Waals surface area contributed by atoms with E-state index in [0.29, 0.717) is 43.9 Å². The fourth-order valence-corrected chi connectivity index (χ4v) is 5.81. The van der Waals surface area contributed by atoms with Gasteiger partial charge in [0.15, 0.2) is 11.6 Å². The van der Waals surface area contributed by atoms with E-state index >= 15 is 8.78 Å². The molecule has 37 heavy (non-hydrogen) atoms. The second kappa shape index (κ2) is 10.3. The summed E-state index contributed by atoms with van der Waals surface area (Å²) in [7, 11) is 0. The van der Waals surface area contributed by atoms with Crippen LogP contribution in [0.15, 0.2) is 48.5 Å². The molecule has 1 fully saturated rings. The van der Waals surface area contributed by atoms with Gasteiger partial charge in [-0.25, -0.2) is 8.78 Å². The fraction of sp³-hybridized carbons (Fsp3) is 0.321. The second-order valence-corrected chi connectivity index (χ2v) is 9.56. The minimum absolute atomic E-state index is 0.0298. The van der Waals surface area contributed by atoms with Crippen LogP contribution in [0.25, 0.3) is 11.1 Å². The molecule has 2 heterocycles. The Labute approximate surface area is 219 Å². The van der Waals surface area contributed by atoms with Crippen LogP contribution in [-0.4, -0.2) is 50.4 Å². The van der Waals surface area contributed by atoms with Gasteiger partial charge in [0.1, 0.15) is 12.4 Å². The van der Waals surface area contributed by atoms with Crippen molar-refractivity contribution in [2.75, 3.05) is 44.3 Å². The van der Waals surface area contributed by atoms with Gasteiger partial charge in [0.05, 0.1) is 22.7 Å². The smallest absolute Gasteiger partial charge is 0.252 e. The van der Waals surface area contributed by atoms with Crippen LogP contribution in [0, 0.1) is 11.6 Å². The highest BCUT2D eigenvalue weighted by Crippen LogP contribution is 2.52. The molecule has 0 bridgehead atoms. The van der Waals surface area contributed by atoms with Gasteiger partial charge >= 0.3 is 0 Å². The van der Waals surface area contributed by atoms with Crippen LogP contribution < -0.4 is 20.3 Å². The van der Waals surface area contributed by atoms with Crippen LogP contribution in [0.4, 0.5) is 14.5 Å². The van der Waals surface area contributed by atoms with Crippen LogP contribution in [0.1, 0.15) is 28.4 Å². The van der Waals surface area contributed by atoms with Gasteiger partial charge in [0.25, 0.3) is 5.91 Å². The molecule has 0 saturated carbocycles. The van der Waals surface area contributed by atoms with E-state index in [2.05, 4.69) is 15.5 Å². The molecular formula is C28H28ClF2N3O3. The number of carbonyl (C=O) groups is 1. The first-order valence-corrected chi connectivity index (χ1v) is 12.7. The van der Waals surface area contributed by atoms with Gasteiger partial charge in [0.2, 0.25) is 0 Å². The molecule has 1 unspecified atom stereocenters. The van der Waals surface area contributed by atoms with Crippen molar-refractivity contribution in [3.8, 4) is 16.9 Å². The molecule has 0 radical (unpaired) electrons. The lowest BCUT2D eigenvalue weighted by Gasteiger charge is -2.45. The summed E-state index contributed by atoms with van der Waals surface area (Å²) >= 11 is 6.59. The zero-order valence-electron chi connectivity index (χ0n) is 20.4. The molecule has 2 aliphatic heterocycles. The molecule has 5 rings (SSSR count). The minimum atomic E-state index is -0.830. The van der Waals surface area contributed by atoms with Gasteiger partial charge in [-0.3, -0.25) is 4.79 Å². The number of anilines is 1. The van der Waals surface area contributed by atoms with Crippen molar-refractivity contribution in [1.29, 1.82) is 0 Å². The van der Waals surface area contributed by atoms with Crippen molar-refractivity contribution in [2.45, 2.75) is 18.9 Å². The lowest BCUT2D eigenvalue weighted by molar-refractivity contribution is 0.0956. The average Bonchev–Trinajstić information content (AvgIpc) is 3.24. The van der Waals surface area contributed by atoms with Gasteiger partial charge in [-0.1, -0.05) is 41.9 Å². The van der Waals surface area contributed by atoms with Crippen molar-refractivity contribution in [2.24, 2.45) is 0 Å². The predicted octanol–water partition coefficient (Wildman–Crippen LogP) is 4.27. The first-order valence-electron chi connectivity index (χ1n) is 12.3. The highest BCUT2D eigenvalue weighted by Gasteiger charge is 2.48. The molecule has 1 amide bonds. The third-order valence-electron chi connectivity index (χ3n) is 7.11.